The predicted molar refractivity (Wildman–Crippen MR) is 66.5 cm³/mol. The minimum absolute atomic E-state index is 0.0719. The largest absolute Gasteiger partial charge is 0.497 e. The highest BCUT2D eigenvalue weighted by Gasteiger charge is 2.03. The predicted octanol–water partition coefficient (Wildman–Crippen LogP) is 2.29. The standard InChI is InChI=1S/C12H16O4S/c1-10(8-9-16-17(3,13)14)11-4-6-12(15-2)7-5-11/h4-10H,1-3H3/b9-8+. The Morgan fingerprint density at radius 3 is 2.29 bits per heavy atom. The zero-order chi connectivity index (χ0) is 12.9. The minimum Gasteiger partial charge on any atom is -0.497 e. The lowest BCUT2D eigenvalue weighted by Gasteiger charge is -2.07. The van der Waals surface area contributed by atoms with E-state index in [0.717, 1.165) is 17.6 Å². The first-order valence-electron chi connectivity index (χ1n) is 5.11. The number of allylic oxidation sites excluding steroid dienone is 1. The molecule has 0 aliphatic rings. The van der Waals surface area contributed by atoms with Gasteiger partial charge in [-0.1, -0.05) is 19.1 Å². The van der Waals surface area contributed by atoms with Crippen LogP contribution in [0.5, 0.6) is 5.75 Å². The van der Waals surface area contributed by atoms with Crippen molar-refractivity contribution in [3.63, 3.8) is 0 Å². The molecule has 0 radical (unpaired) electrons. The lowest BCUT2D eigenvalue weighted by molar-refractivity contribution is 0.414. The zero-order valence-electron chi connectivity index (χ0n) is 10.1. The van der Waals surface area contributed by atoms with Crippen LogP contribution in [0, 0.1) is 0 Å². The molecule has 0 aromatic heterocycles. The van der Waals surface area contributed by atoms with Crippen LogP contribution in [0.1, 0.15) is 18.4 Å². The molecule has 0 N–H and O–H groups in total. The second kappa shape index (κ2) is 5.72. The first kappa shape index (κ1) is 13.6. The molecule has 0 saturated carbocycles. The third kappa shape index (κ3) is 4.91. The number of hydrogen-bond donors (Lipinski definition) is 0. The average molecular weight is 256 g/mol. The Balaban J connectivity index is 2.66. The van der Waals surface area contributed by atoms with Crippen LogP contribution in [-0.2, 0) is 14.3 Å². The second-order valence-electron chi connectivity index (χ2n) is 3.69. The molecular formula is C12H16O4S. The van der Waals surface area contributed by atoms with E-state index >= 15 is 0 Å². The van der Waals surface area contributed by atoms with Gasteiger partial charge in [-0.3, -0.25) is 0 Å². The smallest absolute Gasteiger partial charge is 0.305 e. The van der Waals surface area contributed by atoms with Gasteiger partial charge in [0.25, 0.3) is 0 Å². The third-order valence-corrected chi connectivity index (χ3v) is 2.70. The zero-order valence-corrected chi connectivity index (χ0v) is 10.9. The molecule has 0 spiro atoms. The molecule has 0 aliphatic heterocycles. The maximum atomic E-state index is 10.7. The molecule has 1 unspecified atom stereocenters. The Hall–Kier alpha value is -1.49. The van der Waals surface area contributed by atoms with Gasteiger partial charge in [0.1, 0.15) is 12.0 Å². The van der Waals surface area contributed by atoms with E-state index in [9.17, 15) is 8.42 Å². The van der Waals surface area contributed by atoms with E-state index in [1.165, 1.54) is 6.26 Å². The van der Waals surface area contributed by atoms with Crippen molar-refractivity contribution >= 4 is 10.1 Å². The van der Waals surface area contributed by atoms with E-state index in [2.05, 4.69) is 4.18 Å². The van der Waals surface area contributed by atoms with Gasteiger partial charge in [0.2, 0.25) is 0 Å². The first-order chi connectivity index (χ1) is 7.92. The van der Waals surface area contributed by atoms with E-state index in [4.69, 9.17) is 4.74 Å². The summed E-state index contributed by atoms with van der Waals surface area (Å²) in [6, 6.07) is 7.57. The summed E-state index contributed by atoms with van der Waals surface area (Å²) in [6.07, 6.45) is 3.89. The summed E-state index contributed by atoms with van der Waals surface area (Å²) < 4.78 is 31.1. The second-order valence-corrected chi connectivity index (χ2v) is 5.29. The van der Waals surface area contributed by atoms with Gasteiger partial charge in [-0.15, -0.1) is 0 Å². The van der Waals surface area contributed by atoms with Crippen LogP contribution in [0.3, 0.4) is 0 Å². The lowest BCUT2D eigenvalue weighted by atomic mass is 10.0. The lowest BCUT2D eigenvalue weighted by Crippen LogP contribution is -1.97. The molecule has 1 atom stereocenters. The SMILES string of the molecule is COc1ccc(C(C)/C=C/OS(C)(=O)=O)cc1. The van der Waals surface area contributed by atoms with Crippen molar-refractivity contribution in [2.45, 2.75) is 12.8 Å². The molecule has 0 aliphatic carbocycles. The fraction of sp³-hybridized carbons (Fsp3) is 0.333. The van der Waals surface area contributed by atoms with Crippen LogP contribution in [0.4, 0.5) is 0 Å². The number of rotatable bonds is 5. The number of methoxy groups -OCH3 is 1. The first-order valence-corrected chi connectivity index (χ1v) is 6.93. The molecule has 94 valence electrons. The van der Waals surface area contributed by atoms with Crippen molar-refractivity contribution < 1.29 is 17.3 Å². The van der Waals surface area contributed by atoms with Gasteiger partial charge < -0.3 is 8.92 Å². The Kier molecular flexibility index (Phi) is 4.57. The van der Waals surface area contributed by atoms with Crippen LogP contribution >= 0.6 is 0 Å². The topological polar surface area (TPSA) is 52.6 Å². The van der Waals surface area contributed by atoms with Gasteiger partial charge in [0.05, 0.1) is 13.4 Å². The van der Waals surface area contributed by atoms with E-state index in [1.54, 1.807) is 13.2 Å². The number of benzene rings is 1. The molecule has 4 nitrogen and oxygen atoms in total. The Morgan fingerprint density at radius 1 is 1.24 bits per heavy atom. The van der Waals surface area contributed by atoms with Crippen LogP contribution < -0.4 is 4.74 Å². The van der Waals surface area contributed by atoms with Gasteiger partial charge in [0.15, 0.2) is 0 Å². The van der Waals surface area contributed by atoms with E-state index in [1.807, 2.05) is 31.2 Å². The van der Waals surface area contributed by atoms with Crippen molar-refractivity contribution in [3.05, 3.63) is 42.2 Å². The van der Waals surface area contributed by atoms with Crippen molar-refractivity contribution in [2.75, 3.05) is 13.4 Å². The summed E-state index contributed by atoms with van der Waals surface area (Å²) in [4.78, 5) is 0. The number of ether oxygens (including phenoxy) is 1. The summed E-state index contributed by atoms with van der Waals surface area (Å²) in [5.41, 5.74) is 1.05. The van der Waals surface area contributed by atoms with Crippen LogP contribution in [-0.4, -0.2) is 21.8 Å². The summed E-state index contributed by atoms with van der Waals surface area (Å²) in [7, 11) is -1.81. The normalized spacial score (nSPS) is 13.6. The molecule has 5 heteroatoms. The highest BCUT2D eigenvalue weighted by Crippen LogP contribution is 2.20. The van der Waals surface area contributed by atoms with Crippen molar-refractivity contribution in [3.8, 4) is 5.75 Å². The molecule has 0 amide bonds. The quantitative estimate of drug-likeness (QED) is 0.599. The fourth-order valence-electron chi connectivity index (χ4n) is 1.27. The van der Waals surface area contributed by atoms with Gasteiger partial charge in [-0.25, -0.2) is 0 Å². The molecular weight excluding hydrogens is 240 g/mol. The summed E-state index contributed by atoms with van der Waals surface area (Å²) >= 11 is 0. The van der Waals surface area contributed by atoms with Crippen LogP contribution in [0.25, 0.3) is 0 Å². The van der Waals surface area contributed by atoms with Crippen LogP contribution in [0.2, 0.25) is 0 Å². The maximum absolute atomic E-state index is 10.7. The highest BCUT2D eigenvalue weighted by atomic mass is 32.2. The molecule has 0 saturated heterocycles. The molecule has 1 aromatic carbocycles. The van der Waals surface area contributed by atoms with Gasteiger partial charge in [0, 0.05) is 5.92 Å². The van der Waals surface area contributed by atoms with Gasteiger partial charge in [-0.2, -0.15) is 8.42 Å². The molecule has 1 rings (SSSR count). The maximum Gasteiger partial charge on any atom is 0.305 e. The van der Waals surface area contributed by atoms with E-state index < -0.39 is 10.1 Å². The third-order valence-electron chi connectivity index (χ3n) is 2.24. The Bertz CT molecular complexity index is 474. The molecule has 0 fully saturated rings. The molecule has 1 aromatic rings. The molecule has 0 bridgehead atoms. The molecule has 0 heterocycles. The average Bonchev–Trinajstić information content (AvgIpc) is 2.27. The fourth-order valence-corrected chi connectivity index (χ4v) is 1.54. The van der Waals surface area contributed by atoms with Crippen molar-refractivity contribution in [1.29, 1.82) is 0 Å². The summed E-state index contributed by atoms with van der Waals surface area (Å²) in [5, 5.41) is 0. The summed E-state index contributed by atoms with van der Waals surface area (Å²) in [6.45, 7) is 1.95. The Morgan fingerprint density at radius 2 is 1.82 bits per heavy atom. The van der Waals surface area contributed by atoms with E-state index in [0.29, 0.717) is 0 Å². The monoisotopic (exact) mass is 256 g/mol. The highest BCUT2D eigenvalue weighted by molar-refractivity contribution is 7.86. The Labute approximate surface area is 102 Å². The van der Waals surface area contributed by atoms with Crippen molar-refractivity contribution in [2.24, 2.45) is 0 Å². The van der Waals surface area contributed by atoms with Crippen LogP contribution in [0.15, 0.2) is 36.6 Å². The van der Waals surface area contributed by atoms with Gasteiger partial charge >= 0.3 is 10.1 Å². The molecule has 17 heavy (non-hydrogen) atoms. The summed E-state index contributed by atoms with van der Waals surface area (Å²) in [5.74, 6) is 0.861. The van der Waals surface area contributed by atoms with Crippen molar-refractivity contribution in [1.82, 2.24) is 0 Å². The number of hydrogen-bond acceptors (Lipinski definition) is 4. The van der Waals surface area contributed by atoms with E-state index in [-0.39, 0.29) is 5.92 Å². The van der Waals surface area contributed by atoms with Gasteiger partial charge in [-0.05, 0) is 23.8 Å². The minimum atomic E-state index is -3.42.